The Morgan fingerprint density at radius 1 is 1.17 bits per heavy atom. The third-order valence-corrected chi connectivity index (χ3v) is 7.74. The van der Waals surface area contributed by atoms with Crippen LogP contribution in [0.4, 0.5) is 11.4 Å². The molecule has 3 heterocycles. The van der Waals surface area contributed by atoms with Gasteiger partial charge in [0.05, 0.1) is 38.9 Å². The van der Waals surface area contributed by atoms with Crippen molar-refractivity contribution in [1.82, 2.24) is 4.57 Å². The number of nitro benzene ring substituents is 1. The number of fused-ring (bicyclic) bond motifs is 1. The quantitative estimate of drug-likeness (QED) is 0.184. The summed E-state index contributed by atoms with van der Waals surface area (Å²) in [5.74, 6) is 0.142. The van der Waals surface area contributed by atoms with Gasteiger partial charge in [-0.1, -0.05) is 29.5 Å². The van der Waals surface area contributed by atoms with E-state index in [2.05, 4.69) is 4.99 Å². The molecule has 41 heavy (non-hydrogen) atoms. The maximum absolute atomic E-state index is 13.8. The Labute approximate surface area is 239 Å². The van der Waals surface area contributed by atoms with Crippen LogP contribution in [0.25, 0.3) is 17.4 Å². The Balaban J connectivity index is 1.63. The first-order chi connectivity index (χ1) is 19.6. The molecule has 1 atom stereocenters. The molecule has 4 aromatic rings. The van der Waals surface area contributed by atoms with E-state index in [1.165, 1.54) is 22.0 Å². The fourth-order valence-electron chi connectivity index (χ4n) is 4.77. The summed E-state index contributed by atoms with van der Waals surface area (Å²) in [5, 5.41) is 11.6. The van der Waals surface area contributed by atoms with E-state index < -0.39 is 16.9 Å². The summed E-state index contributed by atoms with van der Waals surface area (Å²) < 4.78 is 13.1. The van der Waals surface area contributed by atoms with Crippen molar-refractivity contribution in [2.45, 2.75) is 26.8 Å². The van der Waals surface area contributed by atoms with Crippen molar-refractivity contribution in [3.05, 3.63) is 113 Å². The Morgan fingerprint density at radius 2 is 1.90 bits per heavy atom. The van der Waals surface area contributed by atoms with Crippen LogP contribution in [0.5, 0.6) is 0 Å². The van der Waals surface area contributed by atoms with E-state index in [1.54, 1.807) is 51.1 Å². The Kier molecular flexibility index (Phi) is 7.46. The van der Waals surface area contributed by atoms with E-state index >= 15 is 0 Å². The van der Waals surface area contributed by atoms with E-state index in [1.807, 2.05) is 43.3 Å². The summed E-state index contributed by atoms with van der Waals surface area (Å²) in [7, 11) is 3.87. The van der Waals surface area contributed by atoms with Gasteiger partial charge in [-0.05, 0) is 62.2 Å². The molecule has 0 saturated heterocycles. The van der Waals surface area contributed by atoms with Crippen molar-refractivity contribution in [2.75, 3.05) is 25.6 Å². The summed E-state index contributed by atoms with van der Waals surface area (Å²) in [5.41, 5.74) is 3.20. The van der Waals surface area contributed by atoms with Crippen LogP contribution in [0.1, 0.15) is 36.8 Å². The molecule has 0 N–H and O–H groups in total. The number of nitro groups is 1. The number of nitrogens with zero attached hydrogens (tertiary/aromatic N) is 4. The lowest BCUT2D eigenvalue weighted by Crippen LogP contribution is -2.39. The largest absolute Gasteiger partial charge is 0.463 e. The maximum atomic E-state index is 13.8. The Morgan fingerprint density at radius 3 is 2.56 bits per heavy atom. The van der Waals surface area contributed by atoms with Crippen LogP contribution in [0.15, 0.2) is 80.1 Å². The SMILES string of the molecule is CCOC(=O)C1=C(C)N=c2sc(=Cc3ccc(-c4ccc(C)cc4[N+](=O)[O-])o3)c(=O)n2C1c1ccc(N(C)C)cc1. The highest BCUT2D eigenvalue weighted by Gasteiger charge is 2.33. The second kappa shape index (κ2) is 11.0. The number of esters is 1. The number of ether oxygens (including phenoxy) is 1. The number of allylic oxidation sites excluding steroid dienone is 1. The second-order valence-electron chi connectivity index (χ2n) is 9.77. The number of benzene rings is 2. The van der Waals surface area contributed by atoms with Crippen LogP contribution in [0, 0.1) is 17.0 Å². The molecule has 0 fully saturated rings. The molecule has 0 saturated carbocycles. The number of hydrogen-bond donors (Lipinski definition) is 0. The lowest BCUT2D eigenvalue weighted by molar-refractivity contribution is -0.384. The minimum Gasteiger partial charge on any atom is -0.463 e. The van der Waals surface area contributed by atoms with Crippen molar-refractivity contribution in [3.8, 4) is 11.3 Å². The Bertz CT molecular complexity index is 1880. The average Bonchev–Trinajstić information content (AvgIpc) is 3.52. The minimum absolute atomic E-state index is 0.0625. The molecule has 210 valence electrons. The lowest BCUT2D eigenvalue weighted by atomic mass is 9.95. The highest BCUT2D eigenvalue weighted by molar-refractivity contribution is 7.07. The van der Waals surface area contributed by atoms with Crippen LogP contribution in [-0.2, 0) is 9.53 Å². The molecule has 11 heteroatoms. The predicted molar refractivity (Wildman–Crippen MR) is 157 cm³/mol. The molecule has 0 radical (unpaired) electrons. The standard InChI is InChI=1S/C30H28N4O6S/c1-6-39-29(36)26-18(3)31-30-33(27(26)19-8-10-20(11-9-19)32(4)5)28(35)25(41-30)16-21-12-14-24(40-21)22-13-7-17(2)15-23(22)34(37)38/h7-16,27H,6H2,1-5H3. The zero-order valence-electron chi connectivity index (χ0n) is 23.2. The monoisotopic (exact) mass is 572 g/mol. The third-order valence-electron chi connectivity index (χ3n) is 6.76. The second-order valence-corrected chi connectivity index (χ2v) is 10.8. The molecular weight excluding hydrogens is 544 g/mol. The van der Waals surface area contributed by atoms with E-state index in [-0.39, 0.29) is 17.9 Å². The van der Waals surface area contributed by atoms with Crippen molar-refractivity contribution < 1.29 is 18.9 Å². The molecule has 5 rings (SSSR count). The molecule has 1 aliphatic rings. The molecule has 0 spiro atoms. The number of carbonyl (C=O) groups excluding carboxylic acids is 1. The average molecular weight is 573 g/mol. The van der Waals surface area contributed by atoms with Crippen LogP contribution < -0.4 is 19.8 Å². The number of furan rings is 1. The normalized spacial score (nSPS) is 15.0. The van der Waals surface area contributed by atoms with Crippen LogP contribution in [0.3, 0.4) is 0 Å². The number of carbonyl (C=O) groups is 1. The van der Waals surface area contributed by atoms with E-state index in [0.717, 1.165) is 16.8 Å². The number of hydrogen-bond acceptors (Lipinski definition) is 9. The van der Waals surface area contributed by atoms with Crippen molar-refractivity contribution in [2.24, 2.45) is 4.99 Å². The topological polar surface area (TPSA) is 120 Å². The number of anilines is 1. The van der Waals surface area contributed by atoms with Gasteiger partial charge in [0.1, 0.15) is 11.5 Å². The number of rotatable bonds is 7. The van der Waals surface area contributed by atoms with E-state index in [0.29, 0.717) is 37.7 Å². The van der Waals surface area contributed by atoms with Crippen molar-refractivity contribution in [1.29, 1.82) is 0 Å². The Hall–Kier alpha value is -4.77. The fraction of sp³-hybridized carbons (Fsp3) is 0.233. The molecule has 0 aliphatic carbocycles. The van der Waals surface area contributed by atoms with Gasteiger partial charge in [0, 0.05) is 31.9 Å². The fourth-order valence-corrected chi connectivity index (χ4v) is 5.79. The van der Waals surface area contributed by atoms with Gasteiger partial charge in [0.2, 0.25) is 0 Å². The molecule has 1 unspecified atom stereocenters. The highest BCUT2D eigenvalue weighted by Crippen LogP contribution is 2.33. The zero-order valence-corrected chi connectivity index (χ0v) is 24.0. The molecule has 0 amide bonds. The van der Waals surface area contributed by atoms with Gasteiger partial charge in [-0.25, -0.2) is 9.79 Å². The van der Waals surface area contributed by atoms with E-state index in [4.69, 9.17) is 9.15 Å². The van der Waals surface area contributed by atoms with Crippen molar-refractivity contribution in [3.63, 3.8) is 0 Å². The third kappa shape index (κ3) is 5.23. The smallest absolute Gasteiger partial charge is 0.338 e. The minimum atomic E-state index is -0.731. The molecule has 2 aromatic heterocycles. The molecule has 1 aliphatic heterocycles. The highest BCUT2D eigenvalue weighted by atomic mass is 32.1. The summed E-state index contributed by atoms with van der Waals surface area (Å²) in [6.45, 7) is 5.43. The number of aryl methyl sites for hydroxylation is 1. The van der Waals surface area contributed by atoms with Gasteiger partial charge >= 0.3 is 5.97 Å². The van der Waals surface area contributed by atoms with Gasteiger partial charge < -0.3 is 14.1 Å². The van der Waals surface area contributed by atoms with Gasteiger partial charge in [-0.3, -0.25) is 19.5 Å². The van der Waals surface area contributed by atoms with Gasteiger partial charge in [0.25, 0.3) is 11.2 Å². The molecule has 0 bridgehead atoms. The van der Waals surface area contributed by atoms with Crippen LogP contribution in [0.2, 0.25) is 0 Å². The van der Waals surface area contributed by atoms with Crippen molar-refractivity contribution >= 4 is 34.8 Å². The molecule has 10 nitrogen and oxygen atoms in total. The first-order valence-electron chi connectivity index (χ1n) is 12.9. The summed E-state index contributed by atoms with van der Waals surface area (Å²) in [6.07, 6.45) is 1.59. The van der Waals surface area contributed by atoms with Gasteiger partial charge in [-0.2, -0.15) is 0 Å². The van der Waals surface area contributed by atoms with Gasteiger partial charge in [-0.15, -0.1) is 0 Å². The lowest BCUT2D eigenvalue weighted by Gasteiger charge is -2.25. The molecule has 2 aromatic carbocycles. The summed E-state index contributed by atoms with van der Waals surface area (Å²) >= 11 is 1.17. The van der Waals surface area contributed by atoms with Gasteiger partial charge in [0.15, 0.2) is 4.80 Å². The van der Waals surface area contributed by atoms with Crippen LogP contribution in [-0.4, -0.2) is 36.2 Å². The summed E-state index contributed by atoms with van der Waals surface area (Å²) in [4.78, 5) is 45.1. The number of aromatic nitrogens is 1. The maximum Gasteiger partial charge on any atom is 0.338 e. The zero-order chi connectivity index (χ0) is 29.4. The first-order valence-corrected chi connectivity index (χ1v) is 13.7. The first kappa shape index (κ1) is 27.8. The summed E-state index contributed by atoms with van der Waals surface area (Å²) in [6, 6.07) is 15.1. The molecular formula is C30H28N4O6S. The van der Waals surface area contributed by atoms with Crippen LogP contribution >= 0.6 is 11.3 Å². The van der Waals surface area contributed by atoms with E-state index in [9.17, 15) is 19.7 Å². The number of thiazole rings is 1. The predicted octanol–water partition coefficient (Wildman–Crippen LogP) is 4.34.